The highest BCUT2D eigenvalue weighted by Gasteiger charge is 2.22. The van der Waals surface area contributed by atoms with Gasteiger partial charge in [-0.2, -0.15) is 0 Å². The van der Waals surface area contributed by atoms with Gasteiger partial charge in [-0.15, -0.1) is 0 Å². The lowest BCUT2D eigenvalue weighted by atomic mass is 10.2. The van der Waals surface area contributed by atoms with Crippen LogP contribution in [-0.4, -0.2) is 29.2 Å². The first-order valence-corrected chi connectivity index (χ1v) is 8.02. The predicted molar refractivity (Wildman–Crippen MR) is 74.6 cm³/mol. The van der Waals surface area contributed by atoms with Crippen molar-refractivity contribution < 1.29 is 18.8 Å². The molecule has 108 valence electrons. The summed E-state index contributed by atoms with van der Waals surface area (Å²) in [5.41, 5.74) is -0.800. The fraction of sp³-hybridized carbons (Fsp3) is 0.923. The van der Waals surface area contributed by atoms with Gasteiger partial charge >= 0.3 is 5.97 Å². The van der Waals surface area contributed by atoms with E-state index in [1.54, 1.807) is 6.92 Å². The Bertz CT molecular complexity index is 299. The van der Waals surface area contributed by atoms with Crippen LogP contribution in [0, 0.1) is 0 Å². The molecule has 0 bridgehead atoms. The molecule has 5 heteroatoms. The fourth-order valence-electron chi connectivity index (χ4n) is 1.42. The summed E-state index contributed by atoms with van der Waals surface area (Å²) in [4.78, 5) is 11.5. The topological polar surface area (TPSA) is 52.6 Å². The smallest absolute Gasteiger partial charge is 0.306 e. The van der Waals surface area contributed by atoms with Gasteiger partial charge in [0.1, 0.15) is 19.2 Å². The highest BCUT2D eigenvalue weighted by atomic mass is 31.1. The minimum absolute atomic E-state index is 0.187. The maximum atomic E-state index is 11.9. The quantitative estimate of drug-likeness (QED) is 0.571. The SMILES string of the molecule is CC(OC(C)(C)C)[PH](=O)CCC(=O)OC(C)(C)C. The van der Waals surface area contributed by atoms with Gasteiger partial charge in [-0.1, -0.05) is 0 Å². The van der Waals surface area contributed by atoms with Crippen LogP contribution in [0.5, 0.6) is 0 Å². The number of hydrogen-bond acceptors (Lipinski definition) is 4. The van der Waals surface area contributed by atoms with Gasteiger partial charge in [0.15, 0.2) is 0 Å². The van der Waals surface area contributed by atoms with Crippen LogP contribution in [0.25, 0.3) is 0 Å². The number of rotatable bonds is 5. The van der Waals surface area contributed by atoms with Gasteiger partial charge in [0.05, 0.1) is 12.0 Å². The highest BCUT2D eigenvalue weighted by molar-refractivity contribution is 7.45. The standard InChI is InChI=1S/C13H27O4P/c1-10(16-12(2,3)4)18(15)9-8-11(14)17-13(5,6)7/h10,18H,8-9H2,1-7H3. The summed E-state index contributed by atoms with van der Waals surface area (Å²) in [6, 6.07) is 0. The molecule has 0 aliphatic heterocycles. The van der Waals surface area contributed by atoms with E-state index in [0.717, 1.165) is 0 Å². The average molecular weight is 278 g/mol. The minimum Gasteiger partial charge on any atom is -0.460 e. The van der Waals surface area contributed by atoms with Gasteiger partial charge < -0.3 is 14.0 Å². The molecule has 0 rings (SSSR count). The van der Waals surface area contributed by atoms with Crippen LogP contribution in [0.1, 0.15) is 54.9 Å². The number of esters is 1. The van der Waals surface area contributed by atoms with Gasteiger partial charge in [0, 0.05) is 6.16 Å². The first kappa shape index (κ1) is 17.7. The van der Waals surface area contributed by atoms with Crippen LogP contribution in [-0.2, 0) is 18.8 Å². The molecule has 0 saturated heterocycles. The van der Waals surface area contributed by atoms with Crippen LogP contribution in [0.15, 0.2) is 0 Å². The molecule has 0 aliphatic rings. The van der Waals surface area contributed by atoms with E-state index in [2.05, 4.69) is 0 Å². The molecule has 0 saturated carbocycles. The largest absolute Gasteiger partial charge is 0.460 e. The summed E-state index contributed by atoms with van der Waals surface area (Å²) in [6.07, 6.45) is 0.531. The zero-order valence-electron chi connectivity index (χ0n) is 12.6. The normalized spacial score (nSPS) is 16.2. The lowest BCUT2D eigenvalue weighted by Gasteiger charge is -2.25. The van der Waals surface area contributed by atoms with Gasteiger partial charge in [-0.3, -0.25) is 4.79 Å². The van der Waals surface area contributed by atoms with Crippen LogP contribution in [0.4, 0.5) is 0 Å². The predicted octanol–water partition coefficient (Wildman–Crippen LogP) is 3.44. The van der Waals surface area contributed by atoms with Crippen molar-refractivity contribution in [3.63, 3.8) is 0 Å². The van der Waals surface area contributed by atoms with E-state index in [9.17, 15) is 9.36 Å². The number of ether oxygens (including phenoxy) is 2. The summed E-state index contributed by atoms with van der Waals surface area (Å²) in [6.45, 7) is 13.0. The fourth-order valence-corrected chi connectivity index (χ4v) is 2.76. The molecule has 0 N–H and O–H groups in total. The zero-order valence-corrected chi connectivity index (χ0v) is 13.6. The van der Waals surface area contributed by atoms with Gasteiger partial charge in [-0.05, 0) is 48.5 Å². The van der Waals surface area contributed by atoms with Crippen molar-refractivity contribution in [1.29, 1.82) is 0 Å². The Morgan fingerprint density at radius 3 is 2.00 bits per heavy atom. The first-order valence-electron chi connectivity index (χ1n) is 6.33. The Balaban J connectivity index is 4.07. The number of hydrogen-bond donors (Lipinski definition) is 0. The highest BCUT2D eigenvalue weighted by Crippen LogP contribution is 2.32. The van der Waals surface area contributed by atoms with Crippen molar-refractivity contribution in [3.8, 4) is 0 Å². The lowest BCUT2D eigenvalue weighted by molar-refractivity contribution is -0.154. The summed E-state index contributed by atoms with van der Waals surface area (Å²) in [5, 5.41) is 0. The third kappa shape index (κ3) is 9.67. The second kappa shape index (κ2) is 6.72. The molecule has 0 aromatic heterocycles. The van der Waals surface area contributed by atoms with Crippen molar-refractivity contribution in [3.05, 3.63) is 0 Å². The van der Waals surface area contributed by atoms with E-state index in [1.165, 1.54) is 0 Å². The monoisotopic (exact) mass is 278 g/mol. The average Bonchev–Trinajstić information content (AvgIpc) is 2.08. The van der Waals surface area contributed by atoms with Crippen molar-refractivity contribution in [2.24, 2.45) is 0 Å². The van der Waals surface area contributed by atoms with Crippen molar-refractivity contribution in [1.82, 2.24) is 0 Å². The molecule has 18 heavy (non-hydrogen) atoms. The molecule has 0 amide bonds. The Morgan fingerprint density at radius 2 is 1.61 bits per heavy atom. The Morgan fingerprint density at radius 1 is 1.11 bits per heavy atom. The van der Waals surface area contributed by atoms with E-state index in [1.807, 2.05) is 41.5 Å². The maximum absolute atomic E-state index is 11.9. The van der Waals surface area contributed by atoms with Crippen molar-refractivity contribution in [2.45, 2.75) is 71.9 Å². The molecular weight excluding hydrogens is 251 g/mol. The van der Waals surface area contributed by atoms with Crippen molar-refractivity contribution in [2.75, 3.05) is 6.16 Å². The molecule has 0 heterocycles. The Labute approximate surface area is 111 Å². The third-order valence-corrected chi connectivity index (χ3v) is 3.75. The first-order chi connectivity index (χ1) is 7.91. The van der Waals surface area contributed by atoms with Gasteiger partial charge in [0.2, 0.25) is 0 Å². The molecule has 0 aliphatic carbocycles. The van der Waals surface area contributed by atoms with E-state index < -0.39 is 13.4 Å². The summed E-state index contributed by atoms with van der Waals surface area (Å²) < 4.78 is 22.7. The van der Waals surface area contributed by atoms with Crippen LogP contribution in [0.2, 0.25) is 0 Å². The second-order valence-corrected chi connectivity index (χ2v) is 8.67. The van der Waals surface area contributed by atoms with Crippen LogP contribution < -0.4 is 0 Å². The summed E-state index contributed by atoms with van der Waals surface area (Å²) >= 11 is 0. The molecule has 0 aromatic carbocycles. The third-order valence-electron chi connectivity index (χ3n) is 1.98. The zero-order chi connectivity index (χ0) is 14.6. The molecule has 0 fully saturated rings. The maximum Gasteiger partial charge on any atom is 0.306 e. The minimum atomic E-state index is -1.92. The van der Waals surface area contributed by atoms with Gasteiger partial charge in [0.25, 0.3) is 0 Å². The Hall–Kier alpha value is -0.340. The van der Waals surface area contributed by atoms with Crippen LogP contribution >= 0.6 is 7.80 Å². The van der Waals surface area contributed by atoms with Crippen LogP contribution in [0.3, 0.4) is 0 Å². The number of carbonyl (C=O) groups is 1. The summed E-state index contributed by atoms with van der Waals surface area (Å²) in [7, 11) is -1.92. The van der Waals surface area contributed by atoms with E-state index >= 15 is 0 Å². The molecule has 4 nitrogen and oxygen atoms in total. The van der Waals surface area contributed by atoms with Gasteiger partial charge in [-0.25, -0.2) is 0 Å². The van der Waals surface area contributed by atoms with E-state index in [0.29, 0.717) is 6.16 Å². The molecular formula is C13H27O4P. The molecule has 2 unspecified atom stereocenters. The molecule has 0 aromatic rings. The lowest BCUT2D eigenvalue weighted by Crippen LogP contribution is -2.25. The molecule has 0 spiro atoms. The summed E-state index contributed by atoms with van der Waals surface area (Å²) in [5.74, 6) is -0.610. The van der Waals surface area contributed by atoms with Crippen molar-refractivity contribution >= 4 is 13.8 Å². The second-order valence-electron chi connectivity index (χ2n) is 6.43. The number of carbonyl (C=O) groups excluding carboxylic acids is 1. The molecule has 2 atom stereocenters. The Kier molecular flexibility index (Phi) is 6.59. The van der Waals surface area contributed by atoms with E-state index in [4.69, 9.17) is 9.47 Å². The molecule has 0 radical (unpaired) electrons. The van der Waals surface area contributed by atoms with E-state index in [-0.39, 0.29) is 23.8 Å².